The van der Waals surface area contributed by atoms with Gasteiger partial charge in [-0.15, -0.1) is 0 Å². The number of hydrogen-bond acceptors (Lipinski definition) is 6. The molecule has 1 rings (SSSR count). The molecule has 1 amide bonds. The van der Waals surface area contributed by atoms with Crippen LogP contribution in [0.1, 0.15) is 0 Å². The fourth-order valence-electron chi connectivity index (χ4n) is 1.12. The van der Waals surface area contributed by atoms with Gasteiger partial charge in [-0.25, -0.2) is 5.84 Å². The molecule has 0 bridgehead atoms. The zero-order valence-electron chi connectivity index (χ0n) is 9.55. The van der Waals surface area contributed by atoms with Crippen molar-refractivity contribution in [2.45, 2.75) is 6.11 Å². The number of nitrogens with one attached hydrogen (secondary N) is 1. The van der Waals surface area contributed by atoms with Gasteiger partial charge in [0.2, 0.25) is 5.75 Å². The Hall–Kier alpha value is -2.49. The monoisotopic (exact) mass is 277 g/mol. The van der Waals surface area contributed by atoms with Gasteiger partial charge in [-0.3, -0.25) is 20.3 Å². The summed E-state index contributed by atoms with van der Waals surface area (Å²) in [5.74, 6) is 1.83. The maximum atomic E-state index is 13.2. The molecule has 0 fully saturated rings. The number of benzene rings is 1. The Balaban J connectivity index is 3.17. The second kappa shape index (κ2) is 5.44. The molecule has 0 saturated heterocycles. The van der Waals surface area contributed by atoms with Gasteiger partial charge in [0.25, 0.3) is 0 Å². The van der Waals surface area contributed by atoms with Crippen molar-refractivity contribution in [3.8, 4) is 11.5 Å². The lowest BCUT2D eigenvalue weighted by Gasteiger charge is -2.16. The zero-order chi connectivity index (χ0) is 14.6. The van der Waals surface area contributed by atoms with Crippen LogP contribution in [0.25, 0.3) is 0 Å². The van der Waals surface area contributed by atoms with Crippen molar-refractivity contribution in [1.29, 1.82) is 0 Å². The molecule has 0 spiro atoms. The number of alkyl halides is 2. The van der Waals surface area contributed by atoms with Crippen molar-refractivity contribution in [2.75, 3.05) is 7.11 Å². The number of nitrogens with two attached hydrogens (primary N) is 1. The van der Waals surface area contributed by atoms with E-state index in [0.29, 0.717) is 0 Å². The summed E-state index contributed by atoms with van der Waals surface area (Å²) in [6, 6.07) is 2.95. The molecular weight excluding hydrogens is 268 g/mol. The van der Waals surface area contributed by atoms with Crippen LogP contribution in [0.2, 0.25) is 0 Å². The molecule has 10 heteroatoms. The first-order valence-electron chi connectivity index (χ1n) is 4.72. The van der Waals surface area contributed by atoms with E-state index in [2.05, 4.69) is 10.6 Å². The first kappa shape index (κ1) is 14.6. The van der Waals surface area contributed by atoms with E-state index in [1.807, 2.05) is 0 Å². The summed E-state index contributed by atoms with van der Waals surface area (Å²) in [7, 11) is 1.23. The molecule has 0 radical (unpaired) electrons. The molecule has 0 heterocycles. The molecule has 0 saturated carbocycles. The summed E-state index contributed by atoms with van der Waals surface area (Å²) in [6.45, 7) is 0. The van der Waals surface area contributed by atoms with Gasteiger partial charge < -0.3 is 9.47 Å². The number of hydrazine groups is 1. The Morgan fingerprint density at radius 2 is 2.16 bits per heavy atom. The minimum atomic E-state index is -4.36. The van der Waals surface area contributed by atoms with E-state index >= 15 is 0 Å². The Morgan fingerprint density at radius 1 is 1.53 bits per heavy atom. The first-order valence-corrected chi connectivity index (χ1v) is 4.72. The number of ether oxygens (including phenoxy) is 2. The highest BCUT2D eigenvalue weighted by molar-refractivity contribution is 5.81. The number of nitro benzene ring substituents is 1. The summed E-state index contributed by atoms with van der Waals surface area (Å²) >= 11 is 0. The van der Waals surface area contributed by atoms with E-state index in [4.69, 9.17) is 4.74 Å². The summed E-state index contributed by atoms with van der Waals surface area (Å²) in [5, 5.41) is 10.7. The third kappa shape index (κ3) is 3.25. The van der Waals surface area contributed by atoms with Crippen LogP contribution in [0, 0.1) is 10.1 Å². The number of nitro groups is 1. The van der Waals surface area contributed by atoms with Crippen LogP contribution in [-0.2, 0) is 4.79 Å². The second-order valence-electron chi connectivity index (χ2n) is 3.18. The van der Waals surface area contributed by atoms with Crippen LogP contribution in [0.3, 0.4) is 0 Å². The highest BCUT2D eigenvalue weighted by atomic mass is 19.3. The van der Waals surface area contributed by atoms with Gasteiger partial charge in [0.05, 0.1) is 12.0 Å². The Morgan fingerprint density at radius 3 is 2.63 bits per heavy atom. The zero-order valence-corrected chi connectivity index (χ0v) is 9.55. The number of halogens is 2. The molecule has 0 aliphatic rings. The quantitative estimate of drug-likeness (QED) is 0.351. The minimum absolute atomic E-state index is 0.0459. The molecule has 3 N–H and O–H groups in total. The van der Waals surface area contributed by atoms with Gasteiger partial charge in [-0.2, -0.15) is 8.78 Å². The second-order valence-corrected chi connectivity index (χ2v) is 3.18. The van der Waals surface area contributed by atoms with Crippen LogP contribution in [-0.4, -0.2) is 24.0 Å². The van der Waals surface area contributed by atoms with Crippen LogP contribution in [0.15, 0.2) is 18.2 Å². The summed E-state index contributed by atoms with van der Waals surface area (Å²) < 4.78 is 35.2. The molecular formula is C9H9F2N3O5. The summed E-state index contributed by atoms with van der Waals surface area (Å²) in [6.07, 6.45) is -4.36. The summed E-state index contributed by atoms with van der Waals surface area (Å²) in [4.78, 5) is 20.5. The SMILES string of the molecule is COc1ccc([N+](=O)[O-])c(OC(F)(F)C(=O)NN)c1. The van der Waals surface area contributed by atoms with Crippen molar-refractivity contribution in [3.63, 3.8) is 0 Å². The van der Waals surface area contributed by atoms with E-state index in [1.54, 1.807) is 0 Å². The molecule has 8 nitrogen and oxygen atoms in total. The number of rotatable bonds is 5. The maximum Gasteiger partial charge on any atom is 0.483 e. The predicted molar refractivity (Wildman–Crippen MR) is 57.6 cm³/mol. The largest absolute Gasteiger partial charge is 0.497 e. The predicted octanol–water partition coefficient (Wildman–Crippen LogP) is 0.565. The molecule has 19 heavy (non-hydrogen) atoms. The highest BCUT2D eigenvalue weighted by Gasteiger charge is 2.43. The van der Waals surface area contributed by atoms with Crippen LogP contribution in [0.5, 0.6) is 11.5 Å². The van der Waals surface area contributed by atoms with E-state index in [0.717, 1.165) is 12.1 Å². The molecule has 0 aliphatic carbocycles. The van der Waals surface area contributed by atoms with Crippen LogP contribution in [0.4, 0.5) is 14.5 Å². The first-order chi connectivity index (χ1) is 8.81. The molecule has 1 aromatic rings. The minimum Gasteiger partial charge on any atom is -0.497 e. The van der Waals surface area contributed by atoms with Crippen molar-refractivity contribution in [3.05, 3.63) is 28.3 Å². The average Bonchev–Trinajstić information content (AvgIpc) is 2.36. The molecule has 0 atom stereocenters. The average molecular weight is 277 g/mol. The molecule has 0 aromatic heterocycles. The van der Waals surface area contributed by atoms with Gasteiger partial charge in [-0.1, -0.05) is 0 Å². The van der Waals surface area contributed by atoms with Crippen molar-refractivity contribution >= 4 is 11.6 Å². The number of methoxy groups -OCH3 is 1. The molecule has 0 unspecified atom stereocenters. The Kier molecular flexibility index (Phi) is 4.17. The molecule has 1 aromatic carbocycles. The smallest absolute Gasteiger partial charge is 0.483 e. The van der Waals surface area contributed by atoms with E-state index in [9.17, 15) is 23.7 Å². The fraction of sp³-hybridized carbons (Fsp3) is 0.222. The van der Waals surface area contributed by atoms with Crippen molar-refractivity contribution in [2.24, 2.45) is 5.84 Å². The van der Waals surface area contributed by atoms with Gasteiger partial charge in [-0.05, 0) is 6.07 Å². The van der Waals surface area contributed by atoms with Crippen molar-refractivity contribution in [1.82, 2.24) is 5.43 Å². The number of carbonyl (C=O) groups is 1. The van der Waals surface area contributed by atoms with Crippen molar-refractivity contribution < 1.29 is 28.0 Å². The fourth-order valence-corrected chi connectivity index (χ4v) is 1.12. The van der Waals surface area contributed by atoms with Gasteiger partial charge in [0.1, 0.15) is 5.75 Å². The van der Waals surface area contributed by atoms with Gasteiger partial charge in [0, 0.05) is 12.1 Å². The maximum absolute atomic E-state index is 13.2. The molecule has 104 valence electrons. The summed E-state index contributed by atoms with van der Waals surface area (Å²) in [5.41, 5.74) is 0.443. The van der Waals surface area contributed by atoms with E-state index in [1.165, 1.54) is 18.6 Å². The standard InChI is InChI=1S/C9H9F2N3O5/c1-18-5-2-3-6(14(16)17)7(4-5)19-9(10,11)8(15)13-12/h2-4H,12H2,1H3,(H,13,15). The third-order valence-corrected chi connectivity index (χ3v) is 2.00. The Bertz CT molecular complexity index is 509. The van der Waals surface area contributed by atoms with Crippen LogP contribution >= 0.6 is 0 Å². The van der Waals surface area contributed by atoms with Gasteiger partial charge in [0.15, 0.2) is 0 Å². The lowest BCUT2D eigenvalue weighted by molar-refractivity contribution is -0.386. The number of nitrogens with zero attached hydrogens (tertiary/aromatic N) is 1. The number of amides is 1. The number of carbonyl (C=O) groups excluding carboxylic acids is 1. The topological polar surface area (TPSA) is 117 Å². The van der Waals surface area contributed by atoms with E-state index in [-0.39, 0.29) is 5.75 Å². The van der Waals surface area contributed by atoms with Crippen LogP contribution < -0.4 is 20.7 Å². The van der Waals surface area contributed by atoms with Gasteiger partial charge >= 0.3 is 17.7 Å². The van der Waals surface area contributed by atoms with E-state index < -0.39 is 28.4 Å². The number of hydrogen-bond donors (Lipinski definition) is 2. The Labute approximate surface area is 105 Å². The normalized spacial score (nSPS) is 10.7. The lowest BCUT2D eigenvalue weighted by Crippen LogP contribution is -2.47. The third-order valence-electron chi connectivity index (χ3n) is 2.00. The highest BCUT2D eigenvalue weighted by Crippen LogP contribution is 2.34. The molecule has 0 aliphatic heterocycles. The lowest BCUT2D eigenvalue weighted by atomic mass is 10.3.